The first-order chi connectivity index (χ1) is 14.2. The second kappa shape index (κ2) is 10.6. The van der Waals surface area contributed by atoms with Crippen molar-refractivity contribution in [3.05, 3.63) is 103 Å². The number of halogens is 2. The molecule has 3 aromatic carbocycles. The number of alkyl halides is 1. The van der Waals surface area contributed by atoms with E-state index in [0.717, 1.165) is 24.9 Å². The van der Waals surface area contributed by atoms with Gasteiger partial charge in [0.2, 0.25) is 0 Å². The van der Waals surface area contributed by atoms with Crippen molar-refractivity contribution in [1.29, 1.82) is 0 Å². The summed E-state index contributed by atoms with van der Waals surface area (Å²) >= 11 is 10.3. The molecule has 0 aromatic heterocycles. The van der Waals surface area contributed by atoms with Gasteiger partial charge in [-0.15, -0.1) is 0 Å². The molecular weight excluding hydrogens is 459 g/mol. The number of hydrogen-bond acceptors (Lipinski definition) is 0. The van der Waals surface area contributed by atoms with E-state index in [-0.39, 0.29) is 0 Å². The summed E-state index contributed by atoms with van der Waals surface area (Å²) in [6, 6.07) is 32.9. The summed E-state index contributed by atoms with van der Waals surface area (Å²) in [6.07, 6.45) is 10.3. The molecular formula is C26H29BrClP. The van der Waals surface area contributed by atoms with E-state index in [1.807, 2.05) is 0 Å². The van der Waals surface area contributed by atoms with Crippen molar-refractivity contribution in [2.45, 2.75) is 25.7 Å². The van der Waals surface area contributed by atoms with Crippen LogP contribution < -0.4 is 15.9 Å². The first-order valence-corrected chi connectivity index (χ1v) is 15.3. The Labute approximate surface area is 188 Å². The molecule has 0 amide bonds. The van der Waals surface area contributed by atoms with Gasteiger partial charge in [-0.25, -0.2) is 0 Å². The van der Waals surface area contributed by atoms with Crippen molar-refractivity contribution in [2.24, 2.45) is 0 Å². The number of unbranched alkanes of at least 4 members (excludes halogenated alkanes) is 3. The van der Waals surface area contributed by atoms with E-state index < -0.39 is 5.31 Å². The van der Waals surface area contributed by atoms with Crippen LogP contribution in [0.15, 0.2) is 103 Å². The molecule has 0 aliphatic heterocycles. The van der Waals surface area contributed by atoms with Gasteiger partial charge in [0, 0.05) is 0 Å². The van der Waals surface area contributed by atoms with Gasteiger partial charge in [-0.1, -0.05) is 0 Å². The first kappa shape index (κ1) is 22.3. The summed E-state index contributed by atoms with van der Waals surface area (Å²) in [7, 11) is 0. The molecule has 0 atom stereocenters. The van der Waals surface area contributed by atoms with Crippen LogP contribution in [-0.4, -0.2) is 12.0 Å². The van der Waals surface area contributed by atoms with Crippen molar-refractivity contribution in [2.75, 3.05) is 12.0 Å². The van der Waals surface area contributed by atoms with Gasteiger partial charge in [0.1, 0.15) is 0 Å². The average Bonchev–Trinajstić information content (AvgIpc) is 2.80. The van der Waals surface area contributed by atoms with Crippen LogP contribution in [0.3, 0.4) is 0 Å². The summed E-state index contributed by atoms with van der Waals surface area (Å²) in [5, 5.41) is 1.28. The molecule has 0 nitrogen and oxygen atoms in total. The van der Waals surface area contributed by atoms with Crippen molar-refractivity contribution in [1.82, 2.24) is 0 Å². The van der Waals surface area contributed by atoms with Gasteiger partial charge in [-0.2, -0.15) is 0 Å². The molecule has 0 bridgehead atoms. The summed E-state index contributed by atoms with van der Waals surface area (Å²) < 4.78 is 0. The van der Waals surface area contributed by atoms with Crippen molar-refractivity contribution < 1.29 is 0 Å². The molecule has 3 aromatic rings. The van der Waals surface area contributed by atoms with E-state index in [0.29, 0.717) is 0 Å². The molecule has 0 aliphatic carbocycles. The summed E-state index contributed by atoms with van der Waals surface area (Å²) in [4.78, 5) is 0. The van der Waals surface area contributed by atoms with Crippen LogP contribution in [0.4, 0.5) is 0 Å². The SMILES string of the molecule is ClCCCCCC=CCP(Br)(c1ccccc1)(c1ccccc1)c1ccccc1. The Morgan fingerprint density at radius 2 is 1.07 bits per heavy atom. The molecule has 0 saturated heterocycles. The molecule has 0 heterocycles. The van der Waals surface area contributed by atoms with Gasteiger partial charge >= 0.3 is 189 Å². The van der Waals surface area contributed by atoms with Crippen LogP contribution in [0, 0.1) is 0 Å². The second-order valence-corrected chi connectivity index (χ2v) is 16.7. The molecule has 0 N–H and O–H groups in total. The Balaban J connectivity index is 2.08. The fraction of sp³-hybridized carbons (Fsp3) is 0.231. The molecule has 0 aliphatic rings. The number of benzene rings is 3. The van der Waals surface area contributed by atoms with Crippen LogP contribution in [0.1, 0.15) is 25.7 Å². The fourth-order valence-electron chi connectivity index (χ4n) is 3.90. The Morgan fingerprint density at radius 1 is 0.621 bits per heavy atom. The fourth-order valence-corrected chi connectivity index (χ4v) is 11.2. The van der Waals surface area contributed by atoms with Crippen molar-refractivity contribution in [3.8, 4) is 0 Å². The van der Waals surface area contributed by atoms with E-state index in [2.05, 4.69) is 119 Å². The number of rotatable bonds is 10. The van der Waals surface area contributed by atoms with Gasteiger partial charge < -0.3 is 0 Å². The van der Waals surface area contributed by atoms with Crippen LogP contribution in [0.5, 0.6) is 0 Å². The minimum atomic E-state index is -2.81. The maximum atomic E-state index is 5.80. The second-order valence-electron chi connectivity index (χ2n) is 7.38. The molecule has 152 valence electrons. The molecule has 0 radical (unpaired) electrons. The van der Waals surface area contributed by atoms with Crippen LogP contribution in [0.25, 0.3) is 0 Å². The first-order valence-electron chi connectivity index (χ1n) is 10.3. The Hall–Kier alpha value is -1.40. The summed E-state index contributed by atoms with van der Waals surface area (Å²) in [6.45, 7) is 0. The van der Waals surface area contributed by atoms with E-state index in [1.165, 1.54) is 28.8 Å². The Bertz CT molecular complexity index is 794. The number of hydrogen-bond donors (Lipinski definition) is 0. The average molecular weight is 488 g/mol. The molecule has 3 rings (SSSR count). The third kappa shape index (κ3) is 4.85. The van der Waals surface area contributed by atoms with E-state index >= 15 is 0 Å². The summed E-state index contributed by atoms with van der Waals surface area (Å²) in [5.74, 6) is 0.762. The summed E-state index contributed by atoms with van der Waals surface area (Å²) in [5.41, 5.74) is 0. The van der Waals surface area contributed by atoms with E-state index in [9.17, 15) is 0 Å². The minimum absolute atomic E-state index is 0.762. The number of allylic oxidation sites excluding steroid dienone is 2. The van der Waals surface area contributed by atoms with Gasteiger partial charge in [-0.05, 0) is 0 Å². The molecule has 3 heteroatoms. The van der Waals surface area contributed by atoms with Crippen molar-refractivity contribution >= 4 is 48.3 Å². The Kier molecular flexibility index (Phi) is 8.13. The molecule has 29 heavy (non-hydrogen) atoms. The van der Waals surface area contributed by atoms with E-state index in [1.54, 1.807) is 0 Å². The third-order valence-corrected chi connectivity index (χ3v) is 15.3. The Morgan fingerprint density at radius 3 is 1.48 bits per heavy atom. The van der Waals surface area contributed by atoms with Crippen LogP contribution >= 0.6 is 32.4 Å². The van der Waals surface area contributed by atoms with E-state index in [4.69, 9.17) is 11.6 Å². The van der Waals surface area contributed by atoms with Gasteiger partial charge in [0.15, 0.2) is 0 Å². The topological polar surface area (TPSA) is 0 Å². The molecule has 0 saturated carbocycles. The van der Waals surface area contributed by atoms with Crippen LogP contribution in [-0.2, 0) is 0 Å². The van der Waals surface area contributed by atoms with Crippen LogP contribution in [0.2, 0.25) is 0 Å². The quantitative estimate of drug-likeness (QED) is 0.123. The third-order valence-electron chi connectivity index (χ3n) is 5.50. The predicted molar refractivity (Wildman–Crippen MR) is 137 cm³/mol. The van der Waals surface area contributed by atoms with Gasteiger partial charge in [0.05, 0.1) is 0 Å². The zero-order valence-electron chi connectivity index (χ0n) is 16.8. The zero-order valence-corrected chi connectivity index (χ0v) is 20.0. The van der Waals surface area contributed by atoms with Crippen molar-refractivity contribution in [3.63, 3.8) is 0 Å². The molecule has 0 fully saturated rings. The predicted octanol–water partition coefficient (Wildman–Crippen LogP) is 7.18. The van der Waals surface area contributed by atoms with Gasteiger partial charge in [0.25, 0.3) is 0 Å². The maximum absolute atomic E-state index is 5.80. The standard InChI is InChI=1S/C26H29BrClP/c27-29(24-16-8-5-9-17-24,25-18-10-6-11-19-25,26-20-12-7-13-21-26)23-15-4-2-1-3-14-22-28/h4-13,15-21H,1-3,14,22-23H2. The zero-order chi connectivity index (χ0) is 20.4. The molecule has 0 spiro atoms. The van der Waals surface area contributed by atoms with Gasteiger partial charge in [-0.3, -0.25) is 0 Å². The molecule has 0 unspecified atom stereocenters. The normalized spacial score (nSPS) is 13.2. The monoisotopic (exact) mass is 486 g/mol.